The van der Waals surface area contributed by atoms with Gasteiger partial charge < -0.3 is 16.0 Å². The van der Waals surface area contributed by atoms with E-state index >= 15 is 0 Å². The molecule has 0 heterocycles. The molecule has 1 rings (SSSR count). The molecule has 0 aromatic carbocycles. The van der Waals surface area contributed by atoms with E-state index < -0.39 is 0 Å². The zero-order chi connectivity index (χ0) is 15.7. The molecule has 22 heavy (non-hydrogen) atoms. The summed E-state index contributed by atoms with van der Waals surface area (Å²) in [5.74, 6) is 1.46. The number of guanidine groups is 1. The molecular weight excluding hydrogens is 391 g/mol. The molecule has 5 nitrogen and oxygen atoms in total. The number of aliphatic imine (C=N–C) groups is 1. The van der Waals surface area contributed by atoms with Crippen molar-refractivity contribution in [3.63, 3.8) is 0 Å². The normalized spacial score (nSPS) is 16.5. The van der Waals surface area contributed by atoms with Crippen molar-refractivity contribution in [2.45, 2.75) is 52.9 Å². The molecule has 1 amide bonds. The van der Waals surface area contributed by atoms with Crippen LogP contribution < -0.4 is 16.0 Å². The van der Waals surface area contributed by atoms with E-state index in [2.05, 4.69) is 34.8 Å². The SMILES string of the molecule is CCCNC(=O)CNC(=NC)NCC1(CC(C)C)CCC1.I. The second kappa shape index (κ2) is 11.1. The smallest absolute Gasteiger partial charge is 0.239 e. The minimum atomic E-state index is 0. The highest BCUT2D eigenvalue weighted by molar-refractivity contribution is 14.0. The van der Waals surface area contributed by atoms with Gasteiger partial charge in [-0.2, -0.15) is 0 Å². The number of carbonyl (C=O) groups excluding carboxylic acids is 1. The van der Waals surface area contributed by atoms with Crippen LogP contribution in [0.25, 0.3) is 0 Å². The first-order chi connectivity index (χ1) is 10.0. The van der Waals surface area contributed by atoms with E-state index in [0.717, 1.165) is 31.4 Å². The Morgan fingerprint density at radius 3 is 2.36 bits per heavy atom. The van der Waals surface area contributed by atoms with Crippen molar-refractivity contribution in [2.24, 2.45) is 16.3 Å². The zero-order valence-electron chi connectivity index (χ0n) is 14.5. The van der Waals surface area contributed by atoms with Crippen LogP contribution in [0.15, 0.2) is 4.99 Å². The van der Waals surface area contributed by atoms with Gasteiger partial charge in [0.1, 0.15) is 0 Å². The molecule has 0 aliphatic heterocycles. The lowest BCUT2D eigenvalue weighted by atomic mass is 9.64. The largest absolute Gasteiger partial charge is 0.356 e. The lowest BCUT2D eigenvalue weighted by molar-refractivity contribution is -0.120. The quantitative estimate of drug-likeness (QED) is 0.319. The molecule has 0 unspecified atom stereocenters. The highest BCUT2D eigenvalue weighted by Gasteiger charge is 2.37. The molecular formula is C16H33IN4O. The molecule has 0 saturated heterocycles. The van der Waals surface area contributed by atoms with E-state index in [1.54, 1.807) is 7.05 Å². The van der Waals surface area contributed by atoms with E-state index in [9.17, 15) is 4.79 Å². The molecule has 6 heteroatoms. The van der Waals surface area contributed by atoms with Crippen molar-refractivity contribution >= 4 is 35.8 Å². The third-order valence-corrected chi connectivity index (χ3v) is 4.10. The van der Waals surface area contributed by atoms with Crippen molar-refractivity contribution in [3.05, 3.63) is 0 Å². The van der Waals surface area contributed by atoms with Crippen molar-refractivity contribution in [2.75, 3.05) is 26.7 Å². The van der Waals surface area contributed by atoms with Gasteiger partial charge in [0.15, 0.2) is 5.96 Å². The molecule has 1 aliphatic rings. The summed E-state index contributed by atoms with van der Waals surface area (Å²) in [5, 5.41) is 9.32. The third kappa shape index (κ3) is 7.65. The summed E-state index contributed by atoms with van der Waals surface area (Å²) >= 11 is 0. The second-order valence-corrected chi connectivity index (χ2v) is 6.58. The number of rotatable bonds is 8. The van der Waals surface area contributed by atoms with Crippen LogP contribution in [0.5, 0.6) is 0 Å². The molecule has 0 aromatic rings. The van der Waals surface area contributed by atoms with E-state index in [1.807, 2.05) is 6.92 Å². The van der Waals surface area contributed by atoms with Gasteiger partial charge in [-0.15, -0.1) is 24.0 Å². The Labute approximate surface area is 152 Å². The lowest BCUT2D eigenvalue weighted by Gasteiger charge is -2.43. The van der Waals surface area contributed by atoms with E-state index in [1.165, 1.54) is 25.7 Å². The summed E-state index contributed by atoms with van der Waals surface area (Å²) < 4.78 is 0. The number of halogens is 1. The molecule has 1 fully saturated rings. The topological polar surface area (TPSA) is 65.5 Å². The number of amides is 1. The highest BCUT2D eigenvalue weighted by atomic mass is 127. The monoisotopic (exact) mass is 424 g/mol. The summed E-state index contributed by atoms with van der Waals surface area (Å²) in [7, 11) is 1.75. The molecule has 0 radical (unpaired) electrons. The van der Waals surface area contributed by atoms with Crippen LogP contribution in [0.2, 0.25) is 0 Å². The van der Waals surface area contributed by atoms with Crippen LogP contribution in [0.1, 0.15) is 52.9 Å². The minimum absolute atomic E-state index is 0. The fourth-order valence-corrected chi connectivity index (χ4v) is 2.98. The average Bonchev–Trinajstić information content (AvgIpc) is 2.41. The van der Waals surface area contributed by atoms with Gasteiger partial charge in [-0.1, -0.05) is 27.2 Å². The van der Waals surface area contributed by atoms with Gasteiger partial charge in [0.25, 0.3) is 0 Å². The Morgan fingerprint density at radius 1 is 1.23 bits per heavy atom. The van der Waals surface area contributed by atoms with Gasteiger partial charge in [-0.25, -0.2) is 0 Å². The summed E-state index contributed by atoms with van der Waals surface area (Å²) in [6.07, 6.45) is 6.14. The van der Waals surface area contributed by atoms with Crippen molar-refractivity contribution in [1.82, 2.24) is 16.0 Å². The van der Waals surface area contributed by atoms with Crippen LogP contribution in [-0.2, 0) is 4.79 Å². The van der Waals surface area contributed by atoms with Crippen LogP contribution in [0, 0.1) is 11.3 Å². The minimum Gasteiger partial charge on any atom is -0.356 e. The number of nitrogens with one attached hydrogen (secondary N) is 3. The van der Waals surface area contributed by atoms with Gasteiger partial charge in [0, 0.05) is 20.1 Å². The highest BCUT2D eigenvalue weighted by Crippen LogP contribution is 2.45. The van der Waals surface area contributed by atoms with Crippen molar-refractivity contribution in [3.8, 4) is 0 Å². The number of hydrogen-bond donors (Lipinski definition) is 3. The first-order valence-electron chi connectivity index (χ1n) is 8.22. The molecule has 1 saturated carbocycles. The molecule has 1 aliphatic carbocycles. The van der Waals surface area contributed by atoms with E-state index in [-0.39, 0.29) is 36.4 Å². The summed E-state index contributed by atoms with van der Waals surface area (Å²) in [4.78, 5) is 15.8. The number of hydrogen-bond acceptors (Lipinski definition) is 2. The molecule has 0 spiro atoms. The van der Waals surface area contributed by atoms with Crippen molar-refractivity contribution in [1.29, 1.82) is 0 Å². The van der Waals surface area contributed by atoms with Crippen molar-refractivity contribution < 1.29 is 4.79 Å². The predicted octanol–water partition coefficient (Wildman–Crippen LogP) is 2.51. The molecule has 0 atom stereocenters. The van der Waals surface area contributed by atoms with Crippen LogP contribution in [-0.4, -0.2) is 38.5 Å². The number of nitrogens with zero attached hydrogens (tertiary/aromatic N) is 1. The molecule has 3 N–H and O–H groups in total. The maximum absolute atomic E-state index is 11.6. The number of carbonyl (C=O) groups is 1. The first-order valence-corrected chi connectivity index (χ1v) is 8.22. The van der Waals surface area contributed by atoms with Gasteiger partial charge >= 0.3 is 0 Å². The van der Waals surface area contributed by atoms with Gasteiger partial charge in [-0.05, 0) is 37.0 Å². The Hall–Kier alpha value is -0.530. The summed E-state index contributed by atoms with van der Waals surface area (Å²) in [6.45, 7) is 8.56. The maximum atomic E-state index is 11.6. The Morgan fingerprint density at radius 2 is 1.91 bits per heavy atom. The molecule has 130 valence electrons. The van der Waals surface area contributed by atoms with Crippen LogP contribution >= 0.6 is 24.0 Å². The van der Waals surface area contributed by atoms with Crippen LogP contribution in [0.3, 0.4) is 0 Å². The second-order valence-electron chi connectivity index (χ2n) is 6.58. The third-order valence-electron chi connectivity index (χ3n) is 4.10. The first kappa shape index (κ1) is 21.5. The fraction of sp³-hybridized carbons (Fsp3) is 0.875. The molecule has 0 aromatic heterocycles. The zero-order valence-corrected chi connectivity index (χ0v) is 16.8. The summed E-state index contributed by atoms with van der Waals surface area (Å²) in [5.41, 5.74) is 0.427. The lowest BCUT2D eigenvalue weighted by Crippen LogP contribution is -2.48. The summed E-state index contributed by atoms with van der Waals surface area (Å²) in [6, 6.07) is 0. The Kier molecular flexibility index (Phi) is 10.8. The Balaban J connectivity index is 0.00000441. The van der Waals surface area contributed by atoms with Gasteiger partial charge in [0.2, 0.25) is 5.91 Å². The average molecular weight is 424 g/mol. The van der Waals surface area contributed by atoms with Crippen LogP contribution in [0.4, 0.5) is 0 Å². The molecule has 0 bridgehead atoms. The fourth-order valence-electron chi connectivity index (χ4n) is 2.98. The maximum Gasteiger partial charge on any atom is 0.239 e. The van der Waals surface area contributed by atoms with Gasteiger partial charge in [-0.3, -0.25) is 9.79 Å². The van der Waals surface area contributed by atoms with Gasteiger partial charge in [0.05, 0.1) is 6.54 Å². The van der Waals surface area contributed by atoms with E-state index in [4.69, 9.17) is 0 Å². The Bertz CT molecular complexity index is 354. The predicted molar refractivity (Wildman–Crippen MR) is 104 cm³/mol. The standard InChI is InChI=1S/C16H32N4O.HI/c1-5-9-18-14(21)11-19-15(17-4)20-12-16(7-6-8-16)10-13(2)3;/h13H,5-12H2,1-4H3,(H,18,21)(H2,17,19,20);1H. The van der Waals surface area contributed by atoms with E-state index in [0.29, 0.717) is 5.41 Å².